The fourth-order valence-electron chi connectivity index (χ4n) is 4.40. The molecule has 34 heavy (non-hydrogen) atoms. The quantitative estimate of drug-likeness (QED) is 0.500. The van der Waals surface area contributed by atoms with Gasteiger partial charge in [-0.3, -0.25) is 9.59 Å². The van der Waals surface area contributed by atoms with Crippen LogP contribution in [-0.2, 0) is 13.0 Å². The molecule has 9 heteroatoms. The van der Waals surface area contributed by atoms with Gasteiger partial charge in [0, 0.05) is 18.4 Å². The lowest BCUT2D eigenvalue weighted by atomic mass is 10.0. The summed E-state index contributed by atoms with van der Waals surface area (Å²) >= 11 is 0. The van der Waals surface area contributed by atoms with Crippen molar-refractivity contribution in [3.8, 4) is 0 Å². The van der Waals surface area contributed by atoms with Gasteiger partial charge in [-0.05, 0) is 37.6 Å². The van der Waals surface area contributed by atoms with Crippen LogP contribution in [0.25, 0.3) is 10.8 Å². The zero-order chi connectivity index (χ0) is 24.4. The summed E-state index contributed by atoms with van der Waals surface area (Å²) in [5, 5.41) is 16.2. The van der Waals surface area contributed by atoms with Crippen molar-refractivity contribution in [2.45, 2.75) is 46.7 Å². The van der Waals surface area contributed by atoms with E-state index in [4.69, 9.17) is 0 Å². The molecule has 5 rings (SSSR count). The lowest BCUT2D eigenvalue weighted by Crippen LogP contribution is -2.41. The van der Waals surface area contributed by atoms with E-state index in [9.17, 15) is 14.0 Å². The number of carbonyl (C=O) groups excluding carboxylic acids is 1. The van der Waals surface area contributed by atoms with Gasteiger partial charge >= 0.3 is 0 Å². The molecule has 176 valence electrons. The number of hydrogen-bond donors (Lipinski definition) is 1. The standard InChI is InChI=1S/C23H21FN6O2.C2H6/c1-13-11-29(12-21-27-25-14(2)30(13)21)23(32)18-9-15(7-8-19(18)24)10-20-16-5-3-4-6-17(16)22(31)28-26-20;1-2/h3-9,13H,10-12H2,1-2H3,(H,28,31);1-2H3. The summed E-state index contributed by atoms with van der Waals surface area (Å²) in [4.78, 5) is 26.8. The van der Waals surface area contributed by atoms with Gasteiger partial charge in [-0.15, -0.1) is 10.2 Å². The molecule has 0 aliphatic carbocycles. The first-order chi connectivity index (χ1) is 16.4. The van der Waals surface area contributed by atoms with Crippen molar-refractivity contribution < 1.29 is 9.18 Å². The van der Waals surface area contributed by atoms with E-state index < -0.39 is 5.82 Å². The Morgan fingerprint density at radius 1 is 1.15 bits per heavy atom. The maximum absolute atomic E-state index is 14.7. The van der Waals surface area contributed by atoms with E-state index in [1.54, 1.807) is 29.2 Å². The number of hydrogen-bond acceptors (Lipinski definition) is 5. The summed E-state index contributed by atoms with van der Waals surface area (Å²) in [6, 6.07) is 11.7. The van der Waals surface area contributed by atoms with Gasteiger partial charge in [0.25, 0.3) is 11.5 Å². The molecule has 0 fully saturated rings. The third-order valence-corrected chi connectivity index (χ3v) is 5.89. The average Bonchev–Trinajstić information content (AvgIpc) is 3.24. The van der Waals surface area contributed by atoms with E-state index in [1.807, 2.05) is 44.4 Å². The summed E-state index contributed by atoms with van der Waals surface area (Å²) in [7, 11) is 0. The first kappa shape index (κ1) is 23.3. The number of rotatable bonds is 3. The van der Waals surface area contributed by atoms with Gasteiger partial charge in [-0.25, -0.2) is 9.49 Å². The minimum absolute atomic E-state index is 0.000603. The number of halogens is 1. The van der Waals surface area contributed by atoms with Crippen LogP contribution >= 0.6 is 0 Å². The van der Waals surface area contributed by atoms with Crippen molar-refractivity contribution in [1.82, 2.24) is 29.9 Å². The highest BCUT2D eigenvalue weighted by Crippen LogP contribution is 2.24. The average molecular weight is 463 g/mol. The Balaban J connectivity index is 0.00000133. The molecule has 1 amide bonds. The van der Waals surface area contributed by atoms with Crippen LogP contribution in [-0.4, -0.2) is 42.3 Å². The molecule has 0 radical (unpaired) electrons. The Labute approximate surface area is 196 Å². The summed E-state index contributed by atoms with van der Waals surface area (Å²) in [5.41, 5.74) is 1.12. The molecule has 1 aliphatic heterocycles. The summed E-state index contributed by atoms with van der Waals surface area (Å²) < 4.78 is 16.7. The lowest BCUT2D eigenvalue weighted by molar-refractivity contribution is 0.0675. The van der Waals surface area contributed by atoms with Crippen LogP contribution in [0.1, 0.15) is 60.1 Å². The first-order valence-corrected chi connectivity index (χ1v) is 11.4. The van der Waals surface area contributed by atoms with Gasteiger partial charge in [0.1, 0.15) is 11.6 Å². The van der Waals surface area contributed by atoms with Gasteiger partial charge in [0.2, 0.25) is 0 Å². The molecule has 1 N–H and O–H groups in total. The second kappa shape index (κ2) is 9.54. The highest BCUT2D eigenvalue weighted by atomic mass is 19.1. The SMILES string of the molecule is CC.Cc1nnc2n1C(C)CN(C(=O)c1cc(Cc3n[nH]c(=O)c4ccccc34)ccc1F)C2. The minimum Gasteiger partial charge on any atom is -0.329 e. The number of aromatic nitrogens is 5. The Kier molecular flexibility index (Phi) is 6.54. The molecule has 1 aliphatic rings. The second-order valence-electron chi connectivity index (χ2n) is 8.10. The van der Waals surface area contributed by atoms with E-state index >= 15 is 0 Å². The van der Waals surface area contributed by atoms with Gasteiger partial charge < -0.3 is 9.47 Å². The number of amides is 1. The van der Waals surface area contributed by atoms with E-state index in [1.165, 1.54) is 6.07 Å². The van der Waals surface area contributed by atoms with Crippen LogP contribution in [0.15, 0.2) is 47.3 Å². The number of fused-ring (bicyclic) bond motifs is 2. The van der Waals surface area contributed by atoms with Crippen molar-refractivity contribution in [2.75, 3.05) is 6.54 Å². The highest BCUT2D eigenvalue weighted by molar-refractivity contribution is 5.95. The number of aryl methyl sites for hydroxylation is 1. The molecule has 4 aromatic rings. The molecule has 2 aromatic heterocycles. The molecule has 0 bridgehead atoms. The predicted molar refractivity (Wildman–Crippen MR) is 127 cm³/mol. The van der Waals surface area contributed by atoms with E-state index in [0.717, 1.165) is 16.8 Å². The van der Waals surface area contributed by atoms with Crippen LogP contribution in [0.5, 0.6) is 0 Å². The minimum atomic E-state index is -0.575. The van der Waals surface area contributed by atoms with Crippen LogP contribution < -0.4 is 5.56 Å². The monoisotopic (exact) mass is 462 g/mol. The maximum atomic E-state index is 14.7. The number of carbonyl (C=O) groups is 1. The fraction of sp³-hybridized carbons (Fsp3) is 0.320. The van der Waals surface area contributed by atoms with Crippen molar-refractivity contribution >= 4 is 16.7 Å². The summed E-state index contributed by atoms with van der Waals surface area (Å²) in [6.45, 7) is 8.58. The zero-order valence-electron chi connectivity index (χ0n) is 19.7. The lowest BCUT2D eigenvalue weighted by Gasteiger charge is -2.32. The van der Waals surface area contributed by atoms with E-state index in [0.29, 0.717) is 29.9 Å². The molecule has 1 atom stereocenters. The number of benzene rings is 2. The fourth-order valence-corrected chi connectivity index (χ4v) is 4.40. The Morgan fingerprint density at radius 2 is 1.88 bits per heavy atom. The Hall–Kier alpha value is -3.88. The van der Waals surface area contributed by atoms with Gasteiger partial charge in [0.15, 0.2) is 5.82 Å². The number of aromatic amines is 1. The third-order valence-electron chi connectivity index (χ3n) is 5.89. The smallest absolute Gasteiger partial charge is 0.272 e. The maximum Gasteiger partial charge on any atom is 0.272 e. The van der Waals surface area contributed by atoms with Gasteiger partial charge in [0.05, 0.1) is 29.2 Å². The second-order valence-corrected chi connectivity index (χ2v) is 8.10. The van der Waals surface area contributed by atoms with Crippen molar-refractivity contribution in [3.63, 3.8) is 0 Å². The number of H-pyrrole nitrogens is 1. The third kappa shape index (κ3) is 4.21. The zero-order valence-corrected chi connectivity index (χ0v) is 19.7. The molecule has 8 nitrogen and oxygen atoms in total. The Morgan fingerprint density at radius 3 is 2.65 bits per heavy atom. The molecule has 1 unspecified atom stereocenters. The first-order valence-electron chi connectivity index (χ1n) is 11.4. The van der Waals surface area contributed by atoms with Crippen molar-refractivity contribution in [3.05, 3.63) is 87.1 Å². The molecular formula is C25H27FN6O2. The molecule has 2 aromatic carbocycles. The van der Waals surface area contributed by atoms with Crippen molar-refractivity contribution in [2.24, 2.45) is 0 Å². The molecule has 0 saturated heterocycles. The van der Waals surface area contributed by atoms with Gasteiger partial charge in [-0.2, -0.15) is 5.10 Å². The van der Waals surface area contributed by atoms with Gasteiger partial charge in [-0.1, -0.05) is 38.1 Å². The van der Waals surface area contributed by atoms with Crippen LogP contribution in [0.2, 0.25) is 0 Å². The molecule has 0 saturated carbocycles. The van der Waals surface area contributed by atoms with E-state index in [2.05, 4.69) is 20.4 Å². The van der Waals surface area contributed by atoms with Crippen molar-refractivity contribution in [1.29, 1.82) is 0 Å². The largest absolute Gasteiger partial charge is 0.329 e. The number of nitrogens with one attached hydrogen (secondary N) is 1. The normalized spacial score (nSPS) is 15.0. The number of nitrogens with zero attached hydrogens (tertiary/aromatic N) is 5. The summed E-state index contributed by atoms with van der Waals surface area (Å²) in [5.74, 6) is 0.528. The van der Waals surface area contributed by atoms with Crippen LogP contribution in [0.3, 0.4) is 0 Å². The molecular weight excluding hydrogens is 435 g/mol. The molecule has 3 heterocycles. The summed E-state index contributed by atoms with van der Waals surface area (Å²) in [6.07, 6.45) is 0.349. The van der Waals surface area contributed by atoms with E-state index in [-0.39, 0.29) is 29.6 Å². The predicted octanol–water partition coefficient (Wildman–Crippen LogP) is 3.80. The highest BCUT2D eigenvalue weighted by Gasteiger charge is 2.30. The van der Waals surface area contributed by atoms with Crippen LogP contribution in [0, 0.1) is 12.7 Å². The Bertz CT molecular complexity index is 1410. The topological polar surface area (TPSA) is 96.8 Å². The molecule has 0 spiro atoms. The van der Waals surface area contributed by atoms with Crippen LogP contribution in [0.4, 0.5) is 4.39 Å².